The molecule has 0 saturated carbocycles. The molecule has 5 nitrogen and oxygen atoms in total. The molecule has 0 atom stereocenters. The Balaban J connectivity index is 1.68. The highest BCUT2D eigenvalue weighted by Gasteiger charge is 2.12. The number of carbonyl (C=O) groups excluding carboxylic acids is 1. The molecule has 1 amide bonds. The second-order valence-electron chi connectivity index (χ2n) is 6.17. The fourth-order valence-corrected chi connectivity index (χ4v) is 2.69. The molecule has 3 aromatic rings. The van der Waals surface area contributed by atoms with Gasteiger partial charge in [0.1, 0.15) is 23.1 Å². The maximum Gasteiger partial charge on any atom is 0.267 e. The monoisotopic (exact) mass is 383 g/mol. The maximum absolute atomic E-state index is 12.5. The largest absolute Gasteiger partial charge is 0.457 e. The third-order valence-corrected chi connectivity index (χ3v) is 4.17. The van der Waals surface area contributed by atoms with E-state index in [2.05, 4.69) is 5.32 Å². The van der Waals surface area contributed by atoms with Crippen LogP contribution >= 0.6 is 0 Å². The second kappa shape index (κ2) is 9.77. The molecule has 0 aliphatic carbocycles. The molecule has 0 spiro atoms. The minimum Gasteiger partial charge on any atom is -0.457 e. The van der Waals surface area contributed by atoms with Crippen molar-refractivity contribution in [1.82, 2.24) is 0 Å². The molecule has 144 valence electrons. The van der Waals surface area contributed by atoms with Crippen LogP contribution in [0.25, 0.3) is 0 Å². The Morgan fingerprint density at radius 1 is 0.966 bits per heavy atom. The van der Waals surface area contributed by atoms with Crippen molar-refractivity contribution in [3.05, 3.63) is 96.7 Å². The Morgan fingerprint density at radius 2 is 1.55 bits per heavy atom. The van der Waals surface area contributed by atoms with Gasteiger partial charge in [0.05, 0.1) is 0 Å². The van der Waals surface area contributed by atoms with Gasteiger partial charge in [-0.05, 0) is 55.5 Å². The first-order valence-electron chi connectivity index (χ1n) is 9.27. The second-order valence-corrected chi connectivity index (χ2v) is 6.17. The minimum absolute atomic E-state index is 0.0281. The number of ether oxygens (including phenoxy) is 1. The van der Waals surface area contributed by atoms with Crippen molar-refractivity contribution < 1.29 is 9.53 Å². The molecular formula is C24H21N3O2. The fourth-order valence-electron chi connectivity index (χ4n) is 2.69. The van der Waals surface area contributed by atoms with Gasteiger partial charge in [0.25, 0.3) is 5.91 Å². The van der Waals surface area contributed by atoms with Crippen molar-refractivity contribution in [2.24, 2.45) is 0 Å². The number of amides is 1. The summed E-state index contributed by atoms with van der Waals surface area (Å²) in [5.74, 6) is 0.935. The highest BCUT2D eigenvalue weighted by molar-refractivity contribution is 6.06. The van der Waals surface area contributed by atoms with Crippen molar-refractivity contribution in [1.29, 1.82) is 5.26 Å². The molecule has 5 heteroatoms. The van der Waals surface area contributed by atoms with E-state index in [1.54, 1.807) is 30.5 Å². The van der Waals surface area contributed by atoms with E-state index in [1.165, 1.54) is 0 Å². The SMILES string of the molecule is CCN(/C=C(/C#N)C(=O)Nc1ccc(Oc2ccccc2)cc1)c1ccccc1. The van der Waals surface area contributed by atoms with E-state index in [0.29, 0.717) is 18.0 Å². The van der Waals surface area contributed by atoms with Crippen LogP contribution in [0.3, 0.4) is 0 Å². The summed E-state index contributed by atoms with van der Waals surface area (Å²) in [6, 6.07) is 28.0. The zero-order chi connectivity index (χ0) is 20.5. The van der Waals surface area contributed by atoms with Gasteiger partial charge in [-0.2, -0.15) is 5.26 Å². The van der Waals surface area contributed by atoms with Crippen LogP contribution in [0.4, 0.5) is 11.4 Å². The summed E-state index contributed by atoms with van der Waals surface area (Å²) in [6.07, 6.45) is 1.57. The Morgan fingerprint density at radius 3 is 2.14 bits per heavy atom. The molecule has 0 unspecified atom stereocenters. The molecule has 1 N–H and O–H groups in total. The van der Waals surface area contributed by atoms with E-state index in [1.807, 2.05) is 78.6 Å². The number of para-hydroxylation sites is 2. The molecule has 3 rings (SSSR count). The molecule has 0 heterocycles. The first kappa shape index (κ1) is 19.7. The van der Waals surface area contributed by atoms with Gasteiger partial charge in [-0.15, -0.1) is 0 Å². The van der Waals surface area contributed by atoms with Crippen LogP contribution in [0.2, 0.25) is 0 Å². The van der Waals surface area contributed by atoms with E-state index < -0.39 is 5.91 Å². The van der Waals surface area contributed by atoms with Crippen LogP contribution in [0, 0.1) is 11.3 Å². The molecule has 0 saturated heterocycles. The van der Waals surface area contributed by atoms with E-state index in [-0.39, 0.29) is 5.57 Å². The van der Waals surface area contributed by atoms with Crippen LogP contribution in [0.5, 0.6) is 11.5 Å². The van der Waals surface area contributed by atoms with E-state index in [0.717, 1.165) is 11.4 Å². The summed E-state index contributed by atoms with van der Waals surface area (Å²) in [5, 5.41) is 12.2. The zero-order valence-electron chi connectivity index (χ0n) is 16.1. The number of nitriles is 1. The average molecular weight is 383 g/mol. The Kier molecular flexibility index (Phi) is 6.64. The molecule has 0 fully saturated rings. The molecule has 0 aliphatic heterocycles. The molecule has 29 heavy (non-hydrogen) atoms. The number of anilines is 2. The van der Waals surface area contributed by atoms with E-state index in [4.69, 9.17) is 4.74 Å². The first-order valence-corrected chi connectivity index (χ1v) is 9.27. The predicted molar refractivity (Wildman–Crippen MR) is 115 cm³/mol. The first-order chi connectivity index (χ1) is 14.2. The molecule has 0 aromatic heterocycles. The van der Waals surface area contributed by atoms with Gasteiger partial charge >= 0.3 is 0 Å². The van der Waals surface area contributed by atoms with Gasteiger partial charge in [-0.3, -0.25) is 4.79 Å². The summed E-state index contributed by atoms with van der Waals surface area (Å²) in [5.41, 5.74) is 1.53. The predicted octanol–water partition coefficient (Wildman–Crippen LogP) is 5.35. The Bertz CT molecular complexity index is 1010. The molecule has 0 radical (unpaired) electrons. The number of nitrogens with zero attached hydrogens (tertiary/aromatic N) is 2. The standard InChI is InChI=1S/C24H21N3O2/c1-2-27(21-9-5-3-6-10-21)18-19(17-25)24(28)26-20-13-15-23(16-14-20)29-22-11-7-4-8-12-22/h3-16,18H,2H2,1H3,(H,26,28)/b19-18-. The van der Waals surface area contributed by atoms with Crippen LogP contribution < -0.4 is 15.0 Å². The highest BCUT2D eigenvalue weighted by Crippen LogP contribution is 2.23. The van der Waals surface area contributed by atoms with Gasteiger partial charge in [0, 0.05) is 24.1 Å². The summed E-state index contributed by atoms with van der Waals surface area (Å²) < 4.78 is 5.74. The smallest absolute Gasteiger partial charge is 0.267 e. The summed E-state index contributed by atoms with van der Waals surface area (Å²) in [4.78, 5) is 14.4. The fraction of sp³-hybridized carbons (Fsp3) is 0.0833. The lowest BCUT2D eigenvalue weighted by Crippen LogP contribution is -2.20. The summed E-state index contributed by atoms with van der Waals surface area (Å²) in [6.45, 7) is 2.59. The van der Waals surface area contributed by atoms with Crippen molar-refractivity contribution in [3.8, 4) is 17.6 Å². The third kappa shape index (κ3) is 5.47. The Hall–Kier alpha value is -4.04. The topological polar surface area (TPSA) is 65.4 Å². The Labute approximate surface area is 170 Å². The normalized spacial score (nSPS) is 10.7. The van der Waals surface area contributed by atoms with Crippen molar-refractivity contribution >= 4 is 17.3 Å². The quantitative estimate of drug-likeness (QED) is 0.441. The number of benzene rings is 3. The highest BCUT2D eigenvalue weighted by atomic mass is 16.5. The number of carbonyl (C=O) groups is 1. The van der Waals surface area contributed by atoms with E-state index in [9.17, 15) is 10.1 Å². The lowest BCUT2D eigenvalue weighted by Gasteiger charge is -2.18. The van der Waals surface area contributed by atoms with Gasteiger partial charge in [0.2, 0.25) is 0 Å². The number of nitrogens with one attached hydrogen (secondary N) is 1. The van der Waals surface area contributed by atoms with Crippen LogP contribution in [0.1, 0.15) is 6.92 Å². The summed E-state index contributed by atoms with van der Waals surface area (Å²) >= 11 is 0. The zero-order valence-corrected chi connectivity index (χ0v) is 16.1. The lowest BCUT2D eigenvalue weighted by molar-refractivity contribution is -0.112. The maximum atomic E-state index is 12.5. The third-order valence-electron chi connectivity index (χ3n) is 4.17. The molecular weight excluding hydrogens is 362 g/mol. The number of hydrogen-bond acceptors (Lipinski definition) is 4. The summed E-state index contributed by atoms with van der Waals surface area (Å²) in [7, 11) is 0. The van der Waals surface area contributed by atoms with Crippen molar-refractivity contribution in [2.75, 3.05) is 16.8 Å². The van der Waals surface area contributed by atoms with Gasteiger partial charge in [-0.1, -0.05) is 36.4 Å². The van der Waals surface area contributed by atoms with Gasteiger partial charge in [-0.25, -0.2) is 0 Å². The number of hydrogen-bond donors (Lipinski definition) is 1. The molecule has 0 aliphatic rings. The van der Waals surface area contributed by atoms with Gasteiger partial charge < -0.3 is 15.0 Å². The van der Waals surface area contributed by atoms with Crippen LogP contribution in [-0.4, -0.2) is 12.5 Å². The van der Waals surface area contributed by atoms with E-state index >= 15 is 0 Å². The number of rotatable bonds is 7. The average Bonchev–Trinajstić information content (AvgIpc) is 2.77. The van der Waals surface area contributed by atoms with Gasteiger partial charge in [0.15, 0.2) is 0 Å². The molecule has 3 aromatic carbocycles. The minimum atomic E-state index is -0.460. The van der Waals surface area contributed by atoms with Crippen molar-refractivity contribution in [2.45, 2.75) is 6.92 Å². The van der Waals surface area contributed by atoms with Crippen molar-refractivity contribution in [3.63, 3.8) is 0 Å². The lowest BCUT2D eigenvalue weighted by atomic mass is 10.2. The molecule has 0 bridgehead atoms. The van der Waals surface area contributed by atoms with Crippen LogP contribution in [-0.2, 0) is 4.79 Å². The van der Waals surface area contributed by atoms with Crippen LogP contribution in [0.15, 0.2) is 96.7 Å².